The van der Waals surface area contributed by atoms with Crippen molar-refractivity contribution >= 4 is 22.6 Å². The van der Waals surface area contributed by atoms with Crippen molar-refractivity contribution < 1.29 is 18.0 Å². The molecule has 4 nitrogen and oxygen atoms in total. The minimum absolute atomic E-state index is 0.213. The second-order valence-corrected chi connectivity index (χ2v) is 6.58. The zero-order valence-corrected chi connectivity index (χ0v) is 14.7. The van der Waals surface area contributed by atoms with Gasteiger partial charge in [-0.1, -0.05) is 25.1 Å². The molecule has 3 aromatic rings. The first-order valence-electron chi connectivity index (χ1n) is 8.81. The van der Waals surface area contributed by atoms with Gasteiger partial charge in [-0.25, -0.2) is 18.0 Å². The summed E-state index contributed by atoms with van der Waals surface area (Å²) in [5.41, 5.74) is 2.78. The van der Waals surface area contributed by atoms with Crippen LogP contribution in [0.3, 0.4) is 0 Å². The van der Waals surface area contributed by atoms with Gasteiger partial charge in [0.05, 0.1) is 11.7 Å². The fourth-order valence-electron chi connectivity index (χ4n) is 3.80. The number of amides is 2. The summed E-state index contributed by atoms with van der Waals surface area (Å²) in [6.07, 6.45) is 1.32. The number of halogens is 3. The largest absolute Gasteiger partial charge is 0.356 e. The highest BCUT2D eigenvalue weighted by molar-refractivity contribution is 5.91. The lowest BCUT2D eigenvalue weighted by atomic mass is 9.96. The number of urea groups is 1. The maximum atomic E-state index is 13.9. The molecule has 1 aliphatic rings. The van der Waals surface area contributed by atoms with E-state index in [1.807, 2.05) is 31.2 Å². The smallest absolute Gasteiger partial charge is 0.322 e. The number of nitrogens with zero attached hydrogens (tertiary/aromatic N) is 1. The number of hydrogen-bond donors (Lipinski definition) is 2. The first-order valence-corrected chi connectivity index (χ1v) is 8.81. The number of H-pyrrole nitrogens is 1. The molecule has 0 spiro atoms. The number of anilines is 1. The van der Waals surface area contributed by atoms with E-state index >= 15 is 0 Å². The van der Waals surface area contributed by atoms with E-state index < -0.39 is 23.5 Å². The Morgan fingerprint density at radius 2 is 1.96 bits per heavy atom. The van der Waals surface area contributed by atoms with Crippen molar-refractivity contribution in [3.8, 4) is 0 Å². The maximum Gasteiger partial charge on any atom is 0.322 e. The van der Waals surface area contributed by atoms with Crippen molar-refractivity contribution in [3.63, 3.8) is 0 Å². The lowest BCUT2D eigenvalue weighted by Gasteiger charge is -2.35. The van der Waals surface area contributed by atoms with Crippen LogP contribution in [-0.4, -0.2) is 22.5 Å². The van der Waals surface area contributed by atoms with Gasteiger partial charge in [-0.2, -0.15) is 0 Å². The quantitative estimate of drug-likeness (QED) is 0.602. The van der Waals surface area contributed by atoms with Gasteiger partial charge in [0.15, 0.2) is 17.5 Å². The normalized spacial score (nSPS) is 16.4. The standard InChI is InChI=1S/C20H18F3N3O/c1-2-16-19-12(11-5-3-4-6-14(11)24-19)9-10-26(16)20(27)25-15-8-7-13(21)17(22)18(15)23/h3-8,16,24H,2,9-10H2,1H3,(H,25,27). The molecule has 2 N–H and O–H groups in total. The summed E-state index contributed by atoms with van der Waals surface area (Å²) in [5.74, 6) is -4.30. The Morgan fingerprint density at radius 3 is 2.74 bits per heavy atom. The topological polar surface area (TPSA) is 48.1 Å². The van der Waals surface area contributed by atoms with E-state index in [0.29, 0.717) is 19.4 Å². The number of benzene rings is 2. The second-order valence-electron chi connectivity index (χ2n) is 6.58. The van der Waals surface area contributed by atoms with Crippen molar-refractivity contribution in [2.45, 2.75) is 25.8 Å². The summed E-state index contributed by atoms with van der Waals surface area (Å²) in [6, 6.07) is 9.00. The van der Waals surface area contributed by atoms with Crippen LogP contribution >= 0.6 is 0 Å². The molecule has 1 unspecified atom stereocenters. The third-order valence-corrected chi connectivity index (χ3v) is 5.08. The number of aromatic nitrogens is 1. The first kappa shape index (κ1) is 17.5. The van der Waals surface area contributed by atoms with Crippen LogP contribution in [-0.2, 0) is 6.42 Å². The van der Waals surface area contributed by atoms with E-state index in [2.05, 4.69) is 10.3 Å². The number of carbonyl (C=O) groups is 1. The van der Waals surface area contributed by atoms with Gasteiger partial charge in [-0.15, -0.1) is 0 Å². The molecule has 0 bridgehead atoms. The van der Waals surface area contributed by atoms with Gasteiger partial charge in [0.1, 0.15) is 0 Å². The summed E-state index contributed by atoms with van der Waals surface area (Å²) in [7, 11) is 0. The Labute approximate surface area is 154 Å². The van der Waals surface area contributed by atoms with Crippen LogP contribution in [0, 0.1) is 17.5 Å². The average Bonchev–Trinajstić information content (AvgIpc) is 3.06. The molecular formula is C20H18F3N3O. The van der Waals surface area contributed by atoms with Crippen LogP contribution in [0.4, 0.5) is 23.7 Å². The molecule has 0 radical (unpaired) electrons. The van der Waals surface area contributed by atoms with Crippen molar-refractivity contribution in [3.05, 3.63) is 65.1 Å². The van der Waals surface area contributed by atoms with Gasteiger partial charge in [-0.3, -0.25) is 0 Å². The molecule has 1 aliphatic heterocycles. The van der Waals surface area contributed by atoms with Crippen molar-refractivity contribution in [1.82, 2.24) is 9.88 Å². The van der Waals surface area contributed by atoms with Crippen LogP contribution in [0.2, 0.25) is 0 Å². The maximum absolute atomic E-state index is 13.9. The Bertz CT molecular complexity index is 1030. The number of carbonyl (C=O) groups excluding carboxylic acids is 1. The molecule has 4 rings (SSSR count). The van der Waals surface area contributed by atoms with Crippen LogP contribution in [0.1, 0.15) is 30.6 Å². The van der Waals surface area contributed by atoms with Crippen molar-refractivity contribution in [2.75, 3.05) is 11.9 Å². The molecule has 0 saturated carbocycles. The van der Waals surface area contributed by atoms with Gasteiger partial charge in [0.2, 0.25) is 0 Å². The second kappa shape index (κ2) is 6.64. The molecule has 2 amide bonds. The zero-order chi connectivity index (χ0) is 19.1. The third-order valence-electron chi connectivity index (χ3n) is 5.08. The molecule has 7 heteroatoms. The Kier molecular flexibility index (Phi) is 4.30. The Balaban J connectivity index is 1.64. The molecule has 0 fully saturated rings. The number of rotatable bonds is 2. The van der Waals surface area contributed by atoms with Crippen molar-refractivity contribution in [2.24, 2.45) is 0 Å². The van der Waals surface area contributed by atoms with Crippen LogP contribution in [0.5, 0.6) is 0 Å². The number of hydrogen-bond acceptors (Lipinski definition) is 1. The van der Waals surface area contributed by atoms with Gasteiger partial charge >= 0.3 is 6.03 Å². The fraction of sp³-hybridized carbons (Fsp3) is 0.250. The molecule has 0 saturated heterocycles. The Morgan fingerprint density at radius 1 is 1.19 bits per heavy atom. The zero-order valence-electron chi connectivity index (χ0n) is 14.7. The molecule has 140 valence electrons. The van der Waals surface area contributed by atoms with Crippen LogP contribution in [0.25, 0.3) is 10.9 Å². The SMILES string of the molecule is CCC1c2[nH]c3ccccc3c2CCN1C(=O)Nc1ccc(F)c(F)c1F. The average molecular weight is 373 g/mol. The summed E-state index contributed by atoms with van der Waals surface area (Å²) in [6.45, 7) is 2.41. The highest BCUT2D eigenvalue weighted by Crippen LogP contribution is 2.36. The lowest BCUT2D eigenvalue weighted by Crippen LogP contribution is -2.42. The van der Waals surface area contributed by atoms with Gasteiger partial charge in [0, 0.05) is 23.1 Å². The van der Waals surface area contributed by atoms with E-state index in [1.54, 1.807) is 4.90 Å². The minimum Gasteiger partial charge on any atom is -0.356 e. The fourth-order valence-corrected chi connectivity index (χ4v) is 3.80. The molecule has 0 aliphatic carbocycles. The predicted molar refractivity (Wildman–Crippen MR) is 97.1 cm³/mol. The monoisotopic (exact) mass is 373 g/mol. The number of fused-ring (bicyclic) bond motifs is 3. The summed E-state index contributed by atoms with van der Waals surface area (Å²) >= 11 is 0. The van der Waals surface area contributed by atoms with E-state index in [0.717, 1.165) is 28.7 Å². The summed E-state index contributed by atoms with van der Waals surface area (Å²) < 4.78 is 40.4. The number of nitrogens with one attached hydrogen (secondary N) is 2. The number of aromatic amines is 1. The lowest BCUT2D eigenvalue weighted by molar-refractivity contribution is 0.179. The minimum atomic E-state index is -1.60. The van der Waals surface area contributed by atoms with Gasteiger partial charge < -0.3 is 15.2 Å². The van der Waals surface area contributed by atoms with E-state index in [9.17, 15) is 18.0 Å². The third kappa shape index (κ3) is 2.83. The molecule has 1 atom stereocenters. The van der Waals surface area contributed by atoms with Crippen LogP contribution in [0.15, 0.2) is 36.4 Å². The van der Waals surface area contributed by atoms with E-state index in [-0.39, 0.29) is 11.7 Å². The molecule has 2 heterocycles. The highest BCUT2D eigenvalue weighted by Gasteiger charge is 2.32. The molecule has 27 heavy (non-hydrogen) atoms. The summed E-state index contributed by atoms with van der Waals surface area (Å²) in [5, 5.41) is 3.51. The number of para-hydroxylation sites is 1. The molecular weight excluding hydrogens is 355 g/mol. The highest BCUT2D eigenvalue weighted by atomic mass is 19.2. The van der Waals surface area contributed by atoms with Gasteiger partial charge in [0.25, 0.3) is 0 Å². The first-order chi connectivity index (χ1) is 13.0. The molecule has 1 aromatic heterocycles. The van der Waals surface area contributed by atoms with Crippen LogP contribution < -0.4 is 5.32 Å². The predicted octanol–water partition coefficient (Wildman–Crippen LogP) is 5.13. The van der Waals surface area contributed by atoms with E-state index in [1.165, 1.54) is 5.56 Å². The van der Waals surface area contributed by atoms with Crippen molar-refractivity contribution in [1.29, 1.82) is 0 Å². The van der Waals surface area contributed by atoms with E-state index in [4.69, 9.17) is 0 Å². The Hall–Kier alpha value is -2.96. The molecule has 2 aromatic carbocycles. The van der Waals surface area contributed by atoms with Gasteiger partial charge in [-0.05, 0) is 36.6 Å². The summed E-state index contributed by atoms with van der Waals surface area (Å²) in [4.78, 5) is 17.7.